The van der Waals surface area contributed by atoms with Crippen molar-refractivity contribution in [2.45, 2.75) is 52.6 Å². The van der Waals surface area contributed by atoms with Crippen molar-refractivity contribution < 1.29 is 0 Å². The van der Waals surface area contributed by atoms with Gasteiger partial charge in [-0.2, -0.15) is 0 Å². The first-order valence-corrected chi connectivity index (χ1v) is 8.85. The van der Waals surface area contributed by atoms with Gasteiger partial charge in [-0.3, -0.25) is 4.40 Å². The number of thiazole rings is 1. The van der Waals surface area contributed by atoms with Crippen LogP contribution in [-0.4, -0.2) is 40.0 Å². The van der Waals surface area contributed by atoms with Gasteiger partial charge in [0.25, 0.3) is 0 Å². The first kappa shape index (κ1) is 15.0. The molecule has 1 N–H and O–H groups in total. The maximum atomic E-state index is 4.66. The molecule has 0 spiro atoms. The van der Waals surface area contributed by atoms with Gasteiger partial charge < -0.3 is 10.2 Å². The molecule has 1 atom stereocenters. The van der Waals surface area contributed by atoms with E-state index in [-0.39, 0.29) is 0 Å². The van der Waals surface area contributed by atoms with Gasteiger partial charge in [0.2, 0.25) is 0 Å². The molecule has 2 aromatic heterocycles. The Balaban J connectivity index is 1.59. The lowest BCUT2D eigenvalue weighted by Gasteiger charge is -2.29. The molecule has 5 heteroatoms. The van der Waals surface area contributed by atoms with Crippen LogP contribution in [0.5, 0.6) is 0 Å². The van der Waals surface area contributed by atoms with E-state index in [0.717, 1.165) is 23.7 Å². The highest BCUT2D eigenvalue weighted by atomic mass is 32.1. The number of aromatic nitrogens is 2. The van der Waals surface area contributed by atoms with E-state index in [1.165, 1.54) is 42.9 Å². The lowest BCUT2D eigenvalue weighted by atomic mass is 10.1. The van der Waals surface area contributed by atoms with Crippen LogP contribution in [0.15, 0.2) is 6.20 Å². The predicted molar refractivity (Wildman–Crippen MR) is 89.1 cm³/mol. The van der Waals surface area contributed by atoms with Crippen molar-refractivity contribution in [1.29, 1.82) is 0 Å². The number of fused-ring (bicyclic) bond motifs is 1. The molecule has 1 aliphatic heterocycles. The van der Waals surface area contributed by atoms with E-state index in [4.69, 9.17) is 0 Å². The van der Waals surface area contributed by atoms with Crippen molar-refractivity contribution in [3.05, 3.63) is 22.5 Å². The van der Waals surface area contributed by atoms with Gasteiger partial charge in [0, 0.05) is 30.2 Å². The minimum absolute atomic E-state index is 0.521. The molecule has 3 rings (SSSR count). The fourth-order valence-electron chi connectivity index (χ4n) is 3.19. The normalized spacial score (nSPS) is 18.4. The van der Waals surface area contributed by atoms with E-state index in [0.29, 0.717) is 6.04 Å². The Bertz CT molecular complexity index is 595. The largest absolute Gasteiger partial charge is 0.307 e. The number of hydrogen-bond donors (Lipinski definition) is 1. The summed E-state index contributed by atoms with van der Waals surface area (Å²) in [5.74, 6) is 0. The fourth-order valence-corrected chi connectivity index (χ4v) is 4.08. The van der Waals surface area contributed by atoms with Gasteiger partial charge in [0.1, 0.15) is 0 Å². The highest BCUT2D eigenvalue weighted by Gasteiger charge is 2.15. The van der Waals surface area contributed by atoms with Crippen LogP contribution in [0.3, 0.4) is 0 Å². The Morgan fingerprint density at radius 3 is 2.81 bits per heavy atom. The number of aryl methyl sites for hydroxylation is 2. The third-order valence-electron chi connectivity index (χ3n) is 4.34. The molecule has 0 saturated carbocycles. The Labute approximate surface area is 131 Å². The number of rotatable bonds is 5. The summed E-state index contributed by atoms with van der Waals surface area (Å²) in [6, 6.07) is 0.521. The van der Waals surface area contributed by atoms with E-state index in [1.807, 2.05) is 0 Å². The van der Waals surface area contributed by atoms with Crippen LogP contribution in [0, 0.1) is 13.8 Å². The van der Waals surface area contributed by atoms with E-state index >= 15 is 0 Å². The molecule has 1 aliphatic rings. The summed E-state index contributed by atoms with van der Waals surface area (Å²) in [6.07, 6.45) is 6.33. The summed E-state index contributed by atoms with van der Waals surface area (Å²) < 4.78 is 2.25. The highest BCUT2D eigenvalue weighted by Crippen LogP contribution is 2.20. The van der Waals surface area contributed by atoms with E-state index in [9.17, 15) is 0 Å². The van der Waals surface area contributed by atoms with Crippen LogP contribution in [0.25, 0.3) is 4.96 Å². The lowest BCUT2D eigenvalue weighted by Crippen LogP contribution is -2.41. The smallest absolute Gasteiger partial charge is 0.194 e. The van der Waals surface area contributed by atoms with Crippen LogP contribution in [0.1, 0.15) is 42.5 Å². The predicted octanol–water partition coefficient (Wildman–Crippen LogP) is 2.98. The Morgan fingerprint density at radius 2 is 2.05 bits per heavy atom. The molecule has 2 aromatic rings. The monoisotopic (exact) mass is 306 g/mol. The fraction of sp³-hybridized carbons (Fsp3) is 0.688. The van der Waals surface area contributed by atoms with Gasteiger partial charge in [0.15, 0.2) is 4.96 Å². The summed E-state index contributed by atoms with van der Waals surface area (Å²) in [6.45, 7) is 11.1. The molecule has 1 fully saturated rings. The second-order valence-electron chi connectivity index (χ2n) is 6.28. The second kappa shape index (κ2) is 6.46. The zero-order valence-electron chi connectivity index (χ0n) is 13.4. The van der Waals surface area contributed by atoms with E-state index < -0.39 is 0 Å². The summed E-state index contributed by atoms with van der Waals surface area (Å²) in [5, 5.41) is 3.68. The minimum Gasteiger partial charge on any atom is -0.307 e. The van der Waals surface area contributed by atoms with Crippen molar-refractivity contribution in [2.24, 2.45) is 0 Å². The average molecular weight is 306 g/mol. The summed E-state index contributed by atoms with van der Waals surface area (Å²) >= 11 is 1.77. The third kappa shape index (κ3) is 3.47. The number of hydrogen-bond acceptors (Lipinski definition) is 4. The quantitative estimate of drug-likeness (QED) is 0.922. The molecule has 116 valence electrons. The van der Waals surface area contributed by atoms with Crippen molar-refractivity contribution in [3.63, 3.8) is 0 Å². The number of piperidine rings is 1. The van der Waals surface area contributed by atoms with Crippen LogP contribution in [0.4, 0.5) is 0 Å². The Kier molecular flexibility index (Phi) is 4.62. The summed E-state index contributed by atoms with van der Waals surface area (Å²) in [7, 11) is 0. The standard InChI is InChI=1S/C16H26N4S/c1-12(10-19-7-5-4-6-8-19)17-9-15-14(3)18-16-20(15)11-13(2)21-16/h11-12,17H,4-10H2,1-3H3. The van der Waals surface area contributed by atoms with Gasteiger partial charge in [-0.1, -0.05) is 6.42 Å². The maximum Gasteiger partial charge on any atom is 0.194 e. The van der Waals surface area contributed by atoms with Gasteiger partial charge in [0.05, 0.1) is 11.4 Å². The molecular formula is C16H26N4S. The molecular weight excluding hydrogens is 280 g/mol. The lowest BCUT2D eigenvalue weighted by molar-refractivity contribution is 0.208. The van der Waals surface area contributed by atoms with Gasteiger partial charge in [-0.15, -0.1) is 11.3 Å². The molecule has 0 aliphatic carbocycles. The van der Waals surface area contributed by atoms with Crippen LogP contribution in [-0.2, 0) is 6.54 Å². The van der Waals surface area contributed by atoms with Crippen molar-refractivity contribution in [3.8, 4) is 0 Å². The molecule has 4 nitrogen and oxygen atoms in total. The first-order valence-electron chi connectivity index (χ1n) is 8.03. The second-order valence-corrected chi connectivity index (χ2v) is 7.49. The molecule has 0 radical (unpaired) electrons. The molecule has 21 heavy (non-hydrogen) atoms. The highest BCUT2D eigenvalue weighted by molar-refractivity contribution is 7.17. The van der Waals surface area contributed by atoms with Gasteiger partial charge in [-0.25, -0.2) is 4.98 Å². The third-order valence-corrected chi connectivity index (χ3v) is 5.24. The number of likely N-dealkylation sites (tertiary alicyclic amines) is 1. The molecule has 3 heterocycles. The zero-order chi connectivity index (χ0) is 14.8. The molecule has 1 saturated heterocycles. The van der Waals surface area contributed by atoms with Crippen molar-refractivity contribution >= 4 is 16.3 Å². The summed E-state index contributed by atoms with van der Waals surface area (Å²) in [4.78, 5) is 9.69. The van der Waals surface area contributed by atoms with Crippen LogP contribution < -0.4 is 5.32 Å². The maximum absolute atomic E-state index is 4.66. The van der Waals surface area contributed by atoms with Crippen molar-refractivity contribution in [2.75, 3.05) is 19.6 Å². The average Bonchev–Trinajstić information content (AvgIpc) is 2.93. The molecule has 0 aromatic carbocycles. The van der Waals surface area contributed by atoms with Gasteiger partial charge in [-0.05, 0) is 46.7 Å². The zero-order valence-corrected chi connectivity index (χ0v) is 14.2. The number of nitrogens with zero attached hydrogens (tertiary/aromatic N) is 3. The molecule has 0 amide bonds. The van der Waals surface area contributed by atoms with Crippen LogP contribution >= 0.6 is 11.3 Å². The SMILES string of the molecule is Cc1cn2c(CNC(C)CN3CCCCC3)c(C)nc2s1. The molecule has 1 unspecified atom stereocenters. The summed E-state index contributed by atoms with van der Waals surface area (Å²) in [5.41, 5.74) is 2.46. The van der Waals surface area contributed by atoms with Crippen LogP contribution in [0.2, 0.25) is 0 Å². The Hall–Kier alpha value is -0.910. The Morgan fingerprint density at radius 1 is 1.29 bits per heavy atom. The van der Waals surface area contributed by atoms with E-state index in [1.54, 1.807) is 11.3 Å². The van der Waals surface area contributed by atoms with Crippen molar-refractivity contribution in [1.82, 2.24) is 19.6 Å². The first-order chi connectivity index (χ1) is 10.1. The number of imidazole rings is 1. The minimum atomic E-state index is 0.521. The van der Waals surface area contributed by atoms with E-state index in [2.05, 4.69) is 46.6 Å². The topological polar surface area (TPSA) is 32.6 Å². The van der Waals surface area contributed by atoms with Gasteiger partial charge >= 0.3 is 0 Å². The number of nitrogens with one attached hydrogen (secondary N) is 1. The molecule has 0 bridgehead atoms.